The lowest BCUT2D eigenvalue weighted by atomic mass is 10.1. The summed E-state index contributed by atoms with van der Waals surface area (Å²) in [5, 5.41) is 19.9. The highest BCUT2D eigenvalue weighted by Gasteiger charge is 2.06. The van der Waals surface area contributed by atoms with Crippen LogP contribution in [0.3, 0.4) is 0 Å². The van der Waals surface area contributed by atoms with Gasteiger partial charge in [-0.05, 0) is 49.4 Å². The first-order valence-electron chi connectivity index (χ1n) is 8.00. The van der Waals surface area contributed by atoms with Crippen molar-refractivity contribution < 1.29 is 10.2 Å². The van der Waals surface area contributed by atoms with Crippen molar-refractivity contribution in [2.75, 3.05) is 0 Å². The van der Waals surface area contributed by atoms with Gasteiger partial charge < -0.3 is 10.2 Å². The minimum Gasteiger partial charge on any atom is -0.507 e. The third kappa shape index (κ3) is 4.18. The van der Waals surface area contributed by atoms with Crippen LogP contribution in [0.25, 0.3) is 0 Å². The fourth-order valence-corrected chi connectivity index (χ4v) is 2.84. The number of phenols is 2. The van der Waals surface area contributed by atoms with Crippen molar-refractivity contribution >= 4 is 39.2 Å². The smallest absolute Gasteiger partial charge is 0.124 e. The second kappa shape index (κ2) is 7.97. The van der Waals surface area contributed by atoms with Crippen LogP contribution in [0, 0.1) is 0 Å². The van der Waals surface area contributed by atoms with E-state index in [1.807, 2.05) is 43.3 Å². The Morgan fingerprint density at radius 1 is 0.885 bits per heavy atom. The maximum Gasteiger partial charge on any atom is 0.124 e. The van der Waals surface area contributed by atoms with E-state index in [4.69, 9.17) is 0 Å². The molecule has 3 rings (SSSR count). The summed E-state index contributed by atoms with van der Waals surface area (Å²) in [7, 11) is 0. The molecular formula is C21H17BrN2O2. The second-order valence-electron chi connectivity index (χ2n) is 5.66. The summed E-state index contributed by atoms with van der Waals surface area (Å²) in [5.41, 5.74) is 3.32. The number of aromatic hydroxyl groups is 2. The summed E-state index contributed by atoms with van der Waals surface area (Å²) in [4.78, 5) is 9.09. The normalized spacial score (nSPS) is 11.8. The van der Waals surface area contributed by atoms with Crippen molar-refractivity contribution in [2.24, 2.45) is 9.98 Å². The van der Waals surface area contributed by atoms with E-state index >= 15 is 0 Å². The average molecular weight is 409 g/mol. The number of halogens is 1. The van der Waals surface area contributed by atoms with E-state index in [2.05, 4.69) is 25.9 Å². The SMILES string of the molecule is CC(=Nc1ccccc1N=Cc1cc(Br)ccc1O)c1ccccc1O. The Morgan fingerprint density at radius 2 is 1.58 bits per heavy atom. The highest BCUT2D eigenvalue weighted by Crippen LogP contribution is 2.30. The molecule has 0 amide bonds. The Kier molecular flexibility index (Phi) is 5.49. The van der Waals surface area contributed by atoms with Crippen LogP contribution in [0.5, 0.6) is 11.5 Å². The first-order chi connectivity index (χ1) is 12.5. The Hall–Kier alpha value is -2.92. The molecule has 5 heteroatoms. The van der Waals surface area contributed by atoms with Gasteiger partial charge >= 0.3 is 0 Å². The fraction of sp³-hybridized carbons (Fsp3) is 0.0476. The summed E-state index contributed by atoms with van der Waals surface area (Å²) in [6.07, 6.45) is 1.60. The maximum atomic E-state index is 9.99. The highest BCUT2D eigenvalue weighted by molar-refractivity contribution is 9.10. The van der Waals surface area contributed by atoms with Crippen LogP contribution in [-0.2, 0) is 0 Å². The number of hydrogen-bond acceptors (Lipinski definition) is 4. The molecule has 4 nitrogen and oxygen atoms in total. The van der Waals surface area contributed by atoms with Gasteiger partial charge in [-0.15, -0.1) is 0 Å². The molecule has 0 aliphatic carbocycles. The Bertz CT molecular complexity index is 997. The fourth-order valence-electron chi connectivity index (χ4n) is 2.46. The number of nitrogens with zero attached hydrogens (tertiary/aromatic N) is 2. The summed E-state index contributed by atoms with van der Waals surface area (Å²) in [6.45, 7) is 1.84. The van der Waals surface area contributed by atoms with Gasteiger partial charge in [-0.1, -0.05) is 40.2 Å². The van der Waals surface area contributed by atoms with Gasteiger partial charge in [0.1, 0.15) is 11.5 Å². The second-order valence-corrected chi connectivity index (χ2v) is 6.58. The van der Waals surface area contributed by atoms with Crippen LogP contribution in [0.1, 0.15) is 18.1 Å². The van der Waals surface area contributed by atoms with Crippen LogP contribution in [0.2, 0.25) is 0 Å². The Labute approximate surface area is 160 Å². The molecule has 0 saturated heterocycles. The molecule has 0 unspecified atom stereocenters. The average Bonchev–Trinajstić information content (AvgIpc) is 2.64. The van der Waals surface area contributed by atoms with Crippen LogP contribution in [-0.4, -0.2) is 22.1 Å². The van der Waals surface area contributed by atoms with Gasteiger partial charge in [-0.3, -0.25) is 9.98 Å². The maximum absolute atomic E-state index is 9.99. The van der Waals surface area contributed by atoms with Crippen molar-refractivity contribution in [3.8, 4) is 11.5 Å². The molecule has 3 aromatic carbocycles. The molecule has 0 atom stereocenters. The van der Waals surface area contributed by atoms with E-state index in [9.17, 15) is 10.2 Å². The zero-order valence-corrected chi connectivity index (χ0v) is 15.7. The van der Waals surface area contributed by atoms with Gasteiger partial charge in [-0.2, -0.15) is 0 Å². The predicted molar refractivity (Wildman–Crippen MR) is 109 cm³/mol. The molecule has 0 saturated carbocycles. The van der Waals surface area contributed by atoms with E-state index in [1.165, 1.54) is 0 Å². The molecule has 26 heavy (non-hydrogen) atoms. The van der Waals surface area contributed by atoms with Crippen molar-refractivity contribution in [1.82, 2.24) is 0 Å². The quantitative estimate of drug-likeness (QED) is 0.539. The standard InChI is InChI=1S/C21H17BrN2O2/c1-14(17-6-2-5-9-21(17)26)24-19-8-4-3-7-18(19)23-13-15-12-16(22)10-11-20(15)25/h2-13,25-26H,1H3. The third-order valence-electron chi connectivity index (χ3n) is 3.80. The van der Waals surface area contributed by atoms with Gasteiger partial charge in [-0.25, -0.2) is 0 Å². The van der Waals surface area contributed by atoms with Crippen molar-refractivity contribution in [1.29, 1.82) is 0 Å². The largest absolute Gasteiger partial charge is 0.507 e. The number of rotatable bonds is 4. The number of aliphatic imine (C=N–C) groups is 2. The minimum atomic E-state index is 0.156. The molecular weight excluding hydrogens is 392 g/mol. The topological polar surface area (TPSA) is 65.2 Å². The molecule has 0 aliphatic rings. The molecule has 0 spiro atoms. The highest BCUT2D eigenvalue weighted by atomic mass is 79.9. The lowest BCUT2D eigenvalue weighted by Gasteiger charge is -2.06. The zero-order valence-electron chi connectivity index (χ0n) is 14.1. The molecule has 0 bridgehead atoms. The first kappa shape index (κ1) is 17.9. The van der Waals surface area contributed by atoms with Gasteiger partial charge in [0.05, 0.1) is 11.4 Å². The van der Waals surface area contributed by atoms with Gasteiger partial charge in [0.15, 0.2) is 0 Å². The van der Waals surface area contributed by atoms with E-state index in [0.29, 0.717) is 28.2 Å². The summed E-state index contributed by atoms with van der Waals surface area (Å²) in [5.74, 6) is 0.345. The lowest BCUT2D eigenvalue weighted by Crippen LogP contribution is -1.94. The number of para-hydroxylation sites is 3. The van der Waals surface area contributed by atoms with Gasteiger partial charge in [0, 0.05) is 27.5 Å². The molecule has 0 fully saturated rings. The molecule has 0 aliphatic heterocycles. The molecule has 0 heterocycles. The predicted octanol–water partition coefficient (Wildman–Crippen LogP) is 5.75. The molecule has 130 valence electrons. The first-order valence-corrected chi connectivity index (χ1v) is 8.79. The Balaban J connectivity index is 1.96. The molecule has 3 aromatic rings. The van der Waals surface area contributed by atoms with Crippen molar-refractivity contribution in [3.05, 3.63) is 82.3 Å². The van der Waals surface area contributed by atoms with Gasteiger partial charge in [0.2, 0.25) is 0 Å². The minimum absolute atomic E-state index is 0.156. The van der Waals surface area contributed by atoms with E-state index in [-0.39, 0.29) is 11.5 Å². The van der Waals surface area contributed by atoms with E-state index < -0.39 is 0 Å². The summed E-state index contributed by atoms with van der Waals surface area (Å²) in [6, 6.07) is 19.7. The molecule has 0 radical (unpaired) electrons. The summed E-state index contributed by atoms with van der Waals surface area (Å²) >= 11 is 3.38. The van der Waals surface area contributed by atoms with Crippen LogP contribution in [0.4, 0.5) is 11.4 Å². The van der Waals surface area contributed by atoms with Gasteiger partial charge in [0.25, 0.3) is 0 Å². The number of hydrogen-bond donors (Lipinski definition) is 2. The van der Waals surface area contributed by atoms with Crippen LogP contribution in [0.15, 0.2) is 81.2 Å². The van der Waals surface area contributed by atoms with E-state index in [0.717, 1.165) is 4.47 Å². The van der Waals surface area contributed by atoms with Crippen LogP contribution < -0.4 is 0 Å². The molecule has 2 N–H and O–H groups in total. The van der Waals surface area contributed by atoms with E-state index in [1.54, 1.807) is 36.5 Å². The molecule has 0 aromatic heterocycles. The number of benzene rings is 3. The van der Waals surface area contributed by atoms with Crippen LogP contribution >= 0.6 is 15.9 Å². The lowest BCUT2D eigenvalue weighted by molar-refractivity contribution is 0.473. The zero-order chi connectivity index (χ0) is 18.5. The monoisotopic (exact) mass is 408 g/mol. The number of phenolic OH excluding ortho intramolecular Hbond substituents is 2. The summed E-state index contributed by atoms with van der Waals surface area (Å²) < 4.78 is 0.860. The van der Waals surface area contributed by atoms with Crippen molar-refractivity contribution in [2.45, 2.75) is 6.92 Å². The van der Waals surface area contributed by atoms with Crippen molar-refractivity contribution in [3.63, 3.8) is 0 Å². The Morgan fingerprint density at radius 3 is 2.35 bits per heavy atom. The third-order valence-corrected chi connectivity index (χ3v) is 4.29.